The van der Waals surface area contributed by atoms with Crippen LogP contribution in [0, 0.1) is 6.92 Å². The van der Waals surface area contributed by atoms with Crippen LogP contribution < -0.4 is 9.46 Å². The number of benzene rings is 1. The van der Waals surface area contributed by atoms with E-state index in [2.05, 4.69) is 29.9 Å². The molecule has 0 amide bonds. The molecule has 4 aromatic rings. The molecule has 0 aliphatic heterocycles. The largest absolute Gasteiger partial charge is 0.457 e. The molecule has 0 aliphatic carbocycles. The quantitative estimate of drug-likeness (QED) is 0.320. The maximum absolute atomic E-state index is 14.1. The number of rotatable bonds is 9. The van der Waals surface area contributed by atoms with Crippen LogP contribution in [0.2, 0.25) is 0 Å². The summed E-state index contributed by atoms with van der Waals surface area (Å²) in [5, 5.41) is 6.64. The summed E-state index contributed by atoms with van der Waals surface area (Å²) in [6.45, 7) is 3.59. The third kappa shape index (κ3) is 5.73. The van der Waals surface area contributed by atoms with Gasteiger partial charge in [-0.1, -0.05) is 31.5 Å². The predicted molar refractivity (Wildman–Crippen MR) is 128 cm³/mol. The summed E-state index contributed by atoms with van der Waals surface area (Å²) in [4.78, 5) is 12.5. The number of alkyl halides is 3. The fourth-order valence-corrected chi connectivity index (χ4v) is 4.63. The number of pyridine rings is 1. The summed E-state index contributed by atoms with van der Waals surface area (Å²) in [5.41, 5.74) is 2.04. The highest BCUT2D eigenvalue weighted by atomic mass is 32.2. The van der Waals surface area contributed by atoms with Gasteiger partial charge < -0.3 is 4.74 Å². The van der Waals surface area contributed by atoms with Crippen molar-refractivity contribution in [2.24, 2.45) is 0 Å². The third-order valence-electron chi connectivity index (χ3n) is 5.28. The zero-order chi connectivity index (χ0) is 25.9. The predicted octanol–water partition coefficient (Wildman–Crippen LogP) is 4.95. The Morgan fingerprint density at radius 2 is 1.81 bits per heavy atom. The molecule has 4 rings (SSSR count). The number of aryl methyl sites for hydroxylation is 1. The molecule has 0 aliphatic rings. The van der Waals surface area contributed by atoms with Crippen molar-refractivity contribution in [1.82, 2.24) is 25.1 Å². The fourth-order valence-electron chi connectivity index (χ4n) is 3.43. The summed E-state index contributed by atoms with van der Waals surface area (Å²) in [6, 6.07) is 9.06. The Hall–Kier alpha value is -3.74. The van der Waals surface area contributed by atoms with E-state index in [9.17, 15) is 21.6 Å². The first-order valence-corrected chi connectivity index (χ1v) is 12.7. The molecular formula is C23H23F3N6O3S. The Bertz CT molecular complexity index is 1460. The Morgan fingerprint density at radius 3 is 2.39 bits per heavy atom. The number of anilines is 1. The van der Waals surface area contributed by atoms with Crippen LogP contribution in [0.3, 0.4) is 0 Å². The minimum atomic E-state index is -4.86. The molecule has 36 heavy (non-hydrogen) atoms. The van der Waals surface area contributed by atoms with Crippen molar-refractivity contribution in [1.29, 1.82) is 0 Å². The Morgan fingerprint density at radius 1 is 1.08 bits per heavy atom. The van der Waals surface area contributed by atoms with Crippen molar-refractivity contribution in [3.63, 3.8) is 0 Å². The summed E-state index contributed by atoms with van der Waals surface area (Å²) in [7, 11) is -3.89. The number of fused-ring (bicyclic) bond motifs is 1. The standard InChI is InChI=1S/C23H23F3N6O3S/c1-3-4-11-36(33,34)32-21-22(30-19-8-6-5-7-18(19)29-21)35-20(23(24,25)26)15-9-10-17(27-12-15)16-13-28-31-14(16)2/h5-10,12-13,20H,3-4,11H2,1-2H3,(H,28,31)(H,29,32). The van der Waals surface area contributed by atoms with Crippen molar-refractivity contribution in [2.45, 2.75) is 39.0 Å². The molecule has 13 heteroatoms. The van der Waals surface area contributed by atoms with Gasteiger partial charge in [-0.15, -0.1) is 0 Å². The first kappa shape index (κ1) is 25.4. The van der Waals surface area contributed by atoms with Crippen LogP contribution in [0.25, 0.3) is 22.3 Å². The summed E-state index contributed by atoms with van der Waals surface area (Å²) < 4.78 is 74.9. The Kier molecular flexibility index (Phi) is 7.11. The van der Waals surface area contributed by atoms with Gasteiger partial charge in [0.25, 0.3) is 5.88 Å². The van der Waals surface area contributed by atoms with E-state index >= 15 is 0 Å². The first-order chi connectivity index (χ1) is 17.1. The van der Waals surface area contributed by atoms with Gasteiger partial charge in [0.05, 0.1) is 28.7 Å². The van der Waals surface area contributed by atoms with E-state index in [1.807, 2.05) is 6.92 Å². The number of sulfonamides is 1. The van der Waals surface area contributed by atoms with Gasteiger partial charge in [-0.2, -0.15) is 18.3 Å². The smallest absolute Gasteiger partial charge is 0.429 e. The zero-order valence-corrected chi connectivity index (χ0v) is 20.2. The number of aromatic amines is 1. The van der Waals surface area contributed by atoms with Gasteiger partial charge in [-0.3, -0.25) is 14.8 Å². The van der Waals surface area contributed by atoms with Crippen LogP contribution >= 0.6 is 0 Å². The lowest BCUT2D eigenvalue weighted by Gasteiger charge is -2.23. The van der Waals surface area contributed by atoms with Crippen molar-refractivity contribution < 1.29 is 26.3 Å². The summed E-state index contributed by atoms with van der Waals surface area (Å²) in [6.07, 6.45) is -3.77. The van der Waals surface area contributed by atoms with Gasteiger partial charge >= 0.3 is 6.18 Å². The average Bonchev–Trinajstić information content (AvgIpc) is 3.26. The molecule has 9 nitrogen and oxygen atoms in total. The van der Waals surface area contributed by atoms with Gasteiger partial charge in [-0.05, 0) is 31.5 Å². The maximum atomic E-state index is 14.1. The number of hydrogen-bond acceptors (Lipinski definition) is 7. The summed E-state index contributed by atoms with van der Waals surface area (Å²) in [5.74, 6) is -1.23. The van der Waals surface area contributed by atoms with Crippen LogP contribution in [0.15, 0.2) is 48.8 Å². The van der Waals surface area contributed by atoms with E-state index in [0.717, 1.165) is 6.20 Å². The lowest BCUT2D eigenvalue weighted by atomic mass is 10.1. The number of halogens is 3. The molecule has 1 atom stereocenters. The third-order valence-corrected chi connectivity index (χ3v) is 6.61. The molecule has 0 fully saturated rings. The highest BCUT2D eigenvalue weighted by molar-refractivity contribution is 7.92. The molecule has 3 aromatic heterocycles. The molecular weight excluding hydrogens is 497 g/mol. The SMILES string of the molecule is CCCCS(=O)(=O)Nc1nc2ccccc2nc1OC(c1ccc(-c2cn[nH]c2C)nc1)C(F)(F)F. The second-order valence-electron chi connectivity index (χ2n) is 8.07. The van der Waals surface area contributed by atoms with E-state index in [1.165, 1.54) is 24.4 Å². The van der Waals surface area contributed by atoms with Gasteiger partial charge in [0.15, 0.2) is 0 Å². The van der Waals surface area contributed by atoms with E-state index < -0.39 is 34.0 Å². The Balaban J connectivity index is 1.73. The van der Waals surface area contributed by atoms with Crippen molar-refractivity contribution >= 4 is 26.9 Å². The van der Waals surface area contributed by atoms with Crippen LogP contribution in [-0.2, 0) is 10.0 Å². The van der Waals surface area contributed by atoms with Crippen molar-refractivity contribution in [2.75, 3.05) is 10.5 Å². The molecule has 0 radical (unpaired) electrons. The van der Waals surface area contributed by atoms with Crippen LogP contribution in [-0.4, -0.2) is 45.5 Å². The first-order valence-electron chi connectivity index (χ1n) is 11.0. The number of para-hydroxylation sites is 2. The minimum Gasteiger partial charge on any atom is -0.457 e. The lowest BCUT2D eigenvalue weighted by molar-refractivity contribution is -0.198. The maximum Gasteiger partial charge on any atom is 0.429 e. The molecule has 3 heterocycles. The van der Waals surface area contributed by atoms with Crippen LogP contribution in [0.4, 0.5) is 19.0 Å². The average molecular weight is 521 g/mol. The highest BCUT2D eigenvalue weighted by Gasteiger charge is 2.44. The fraction of sp³-hybridized carbons (Fsp3) is 0.304. The lowest BCUT2D eigenvalue weighted by Crippen LogP contribution is -2.27. The molecule has 1 unspecified atom stereocenters. The second kappa shape index (κ2) is 10.1. The van der Waals surface area contributed by atoms with E-state index in [0.29, 0.717) is 35.3 Å². The number of unbranched alkanes of at least 4 members (excludes halogenated alkanes) is 1. The number of H-pyrrole nitrogens is 1. The van der Waals surface area contributed by atoms with Gasteiger partial charge in [0, 0.05) is 23.0 Å². The zero-order valence-electron chi connectivity index (χ0n) is 19.4. The molecule has 0 saturated heterocycles. The van der Waals surface area contributed by atoms with Crippen molar-refractivity contribution in [3.8, 4) is 17.1 Å². The minimum absolute atomic E-state index is 0.223. The van der Waals surface area contributed by atoms with Crippen LogP contribution in [0.5, 0.6) is 5.88 Å². The molecule has 0 saturated carbocycles. The van der Waals surface area contributed by atoms with E-state index in [1.54, 1.807) is 25.1 Å². The van der Waals surface area contributed by atoms with E-state index in [4.69, 9.17) is 4.74 Å². The molecule has 2 N–H and O–H groups in total. The van der Waals surface area contributed by atoms with Crippen LogP contribution in [0.1, 0.15) is 37.1 Å². The number of aromatic nitrogens is 5. The molecule has 0 spiro atoms. The Labute approximate surface area is 205 Å². The molecule has 0 bridgehead atoms. The molecule has 190 valence electrons. The van der Waals surface area contributed by atoms with Gasteiger partial charge in [0.1, 0.15) is 0 Å². The second-order valence-corrected chi connectivity index (χ2v) is 9.91. The van der Waals surface area contributed by atoms with Gasteiger partial charge in [0.2, 0.25) is 21.9 Å². The number of ether oxygens (including phenoxy) is 1. The normalized spacial score (nSPS) is 13.0. The monoisotopic (exact) mass is 520 g/mol. The number of hydrogen-bond donors (Lipinski definition) is 2. The highest BCUT2D eigenvalue weighted by Crippen LogP contribution is 2.39. The summed E-state index contributed by atoms with van der Waals surface area (Å²) >= 11 is 0. The topological polar surface area (TPSA) is 123 Å². The molecule has 1 aromatic carbocycles. The van der Waals surface area contributed by atoms with Crippen molar-refractivity contribution in [3.05, 3.63) is 60.0 Å². The number of nitrogens with zero attached hydrogens (tertiary/aromatic N) is 4. The van der Waals surface area contributed by atoms with E-state index in [-0.39, 0.29) is 16.8 Å². The number of nitrogens with one attached hydrogen (secondary N) is 2. The van der Waals surface area contributed by atoms with Gasteiger partial charge in [-0.25, -0.2) is 18.4 Å².